The molecule has 1 heterocycles. The quantitative estimate of drug-likeness (QED) is 0.679. The van der Waals surface area contributed by atoms with Crippen molar-refractivity contribution in [1.82, 2.24) is 4.57 Å². The van der Waals surface area contributed by atoms with Crippen molar-refractivity contribution in [3.63, 3.8) is 0 Å². The zero-order valence-electron chi connectivity index (χ0n) is 14.8. The van der Waals surface area contributed by atoms with Gasteiger partial charge in [0.05, 0.1) is 12.5 Å². The fourth-order valence-corrected chi connectivity index (χ4v) is 3.16. The summed E-state index contributed by atoms with van der Waals surface area (Å²) in [6.07, 6.45) is 5.33. The van der Waals surface area contributed by atoms with Crippen LogP contribution in [0.25, 0.3) is 0 Å². The van der Waals surface area contributed by atoms with Crippen molar-refractivity contribution in [3.05, 3.63) is 89.7 Å². The van der Waals surface area contributed by atoms with Gasteiger partial charge in [0.15, 0.2) is 0 Å². The molecule has 1 atom stereocenters. The minimum atomic E-state index is -0.0105. The van der Waals surface area contributed by atoms with Crippen LogP contribution < -0.4 is 5.32 Å². The summed E-state index contributed by atoms with van der Waals surface area (Å²) < 4.78 is 2.10. The maximum absolute atomic E-state index is 12.7. The number of para-hydroxylation sites is 1. The van der Waals surface area contributed by atoms with Crippen molar-refractivity contribution in [3.8, 4) is 0 Å². The Bertz CT molecular complexity index is 837. The predicted octanol–water partition coefficient (Wildman–Crippen LogP) is 4.98. The summed E-state index contributed by atoms with van der Waals surface area (Å²) in [5.41, 5.74) is 4.41. The maximum atomic E-state index is 12.7. The Morgan fingerprint density at radius 1 is 1.04 bits per heavy atom. The van der Waals surface area contributed by atoms with Crippen LogP contribution in [-0.4, -0.2) is 10.5 Å². The van der Waals surface area contributed by atoms with E-state index < -0.39 is 0 Å². The van der Waals surface area contributed by atoms with Crippen molar-refractivity contribution in [2.24, 2.45) is 0 Å². The lowest BCUT2D eigenvalue weighted by Crippen LogP contribution is -2.20. The van der Waals surface area contributed by atoms with Gasteiger partial charge in [-0.05, 0) is 42.7 Å². The molecule has 3 heteroatoms. The molecule has 25 heavy (non-hydrogen) atoms. The van der Waals surface area contributed by atoms with Crippen LogP contribution in [0, 0.1) is 6.92 Å². The first-order chi connectivity index (χ1) is 12.2. The molecule has 3 nitrogen and oxygen atoms in total. The minimum absolute atomic E-state index is 0.0105. The molecule has 0 bridgehead atoms. The third-order valence-corrected chi connectivity index (χ3v) is 4.47. The van der Waals surface area contributed by atoms with Crippen molar-refractivity contribution in [2.75, 3.05) is 5.32 Å². The lowest BCUT2D eigenvalue weighted by atomic mass is 10.0. The molecule has 0 saturated heterocycles. The topological polar surface area (TPSA) is 34.0 Å². The monoisotopic (exact) mass is 332 g/mol. The molecule has 1 unspecified atom stereocenters. The minimum Gasteiger partial charge on any atom is -0.346 e. The Balaban J connectivity index is 1.82. The van der Waals surface area contributed by atoms with Gasteiger partial charge in [-0.15, -0.1) is 0 Å². The van der Waals surface area contributed by atoms with Crippen molar-refractivity contribution >= 4 is 11.6 Å². The molecule has 1 amide bonds. The Kier molecular flexibility index (Phi) is 5.34. The molecule has 0 spiro atoms. The van der Waals surface area contributed by atoms with Gasteiger partial charge in [0.2, 0.25) is 5.91 Å². The van der Waals surface area contributed by atoms with Gasteiger partial charge in [0.1, 0.15) is 0 Å². The van der Waals surface area contributed by atoms with Crippen LogP contribution in [0.15, 0.2) is 73.1 Å². The van der Waals surface area contributed by atoms with Gasteiger partial charge in [0.25, 0.3) is 0 Å². The predicted molar refractivity (Wildman–Crippen MR) is 103 cm³/mol. The fraction of sp³-hybridized carbons (Fsp3) is 0.227. The summed E-state index contributed by atoms with van der Waals surface area (Å²) >= 11 is 0. The zero-order valence-corrected chi connectivity index (χ0v) is 14.8. The SMILES string of the molecule is CCc1ccccc1NC(=O)CC(c1cccc(C)c1)n1cccc1. The highest BCUT2D eigenvalue weighted by Gasteiger charge is 2.18. The number of nitrogens with zero attached hydrogens (tertiary/aromatic N) is 1. The number of hydrogen-bond donors (Lipinski definition) is 1. The summed E-state index contributed by atoms with van der Waals surface area (Å²) in [5.74, 6) is 0.0288. The van der Waals surface area contributed by atoms with E-state index in [9.17, 15) is 4.79 Å². The molecule has 128 valence electrons. The second-order valence-corrected chi connectivity index (χ2v) is 6.32. The average molecular weight is 332 g/mol. The van der Waals surface area contributed by atoms with E-state index in [0.29, 0.717) is 6.42 Å². The van der Waals surface area contributed by atoms with Crippen LogP contribution >= 0.6 is 0 Å². The highest BCUT2D eigenvalue weighted by atomic mass is 16.1. The molecule has 0 aliphatic rings. The summed E-state index contributed by atoms with van der Waals surface area (Å²) in [6, 6.07) is 20.3. The number of carbonyl (C=O) groups excluding carboxylic acids is 1. The molecule has 2 aromatic carbocycles. The highest BCUT2D eigenvalue weighted by molar-refractivity contribution is 5.92. The molecule has 0 saturated carbocycles. The van der Waals surface area contributed by atoms with Crippen LogP contribution in [0.2, 0.25) is 0 Å². The number of anilines is 1. The Morgan fingerprint density at radius 2 is 1.80 bits per heavy atom. The van der Waals surface area contributed by atoms with Crippen molar-refractivity contribution in [2.45, 2.75) is 32.7 Å². The standard InChI is InChI=1S/C22H24N2O/c1-3-18-10-4-5-12-20(18)23-22(25)16-21(24-13-6-7-14-24)19-11-8-9-17(2)15-19/h4-15,21H,3,16H2,1-2H3,(H,23,25). The third-order valence-electron chi connectivity index (χ3n) is 4.47. The summed E-state index contributed by atoms with van der Waals surface area (Å²) in [5, 5.41) is 3.09. The van der Waals surface area contributed by atoms with Gasteiger partial charge in [-0.2, -0.15) is 0 Å². The molecular formula is C22H24N2O. The van der Waals surface area contributed by atoms with E-state index in [1.165, 1.54) is 5.56 Å². The maximum Gasteiger partial charge on any atom is 0.226 e. The number of rotatable bonds is 6. The van der Waals surface area contributed by atoms with Crippen molar-refractivity contribution < 1.29 is 4.79 Å². The van der Waals surface area contributed by atoms with Crippen LogP contribution in [0.3, 0.4) is 0 Å². The van der Waals surface area contributed by atoms with Gasteiger partial charge in [0, 0.05) is 18.1 Å². The molecule has 0 aliphatic heterocycles. The van der Waals surface area contributed by atoms with E-state index >= 15 is 0 Å². The van der Waals surface area contributed by atoms with Gasteiger partial charge in [-0.1, -0.05) is 55.0 Å². The highest BCUT2D eigenvalue weighted by Crippen LogP contribution is 2.24. The van der Waals surface area contributed by atoms with Crippen LogP contribution in [0.5, 0.6) is 0 Å². The van der Waals surface area contributed by atoms with Crippen LogP contribution in [0.1, 0.15) is 36.1 Å². The number of nitrogens with one attached hydrogen (secondary N) is 1. The molecule has 0 fully saturated rings. The Hall–Kier alpha value is -2.81. The normalized spacial score (nSPS) is 11.9. The van der Waals surface area contributed by atoms with Crippen LogP contribution in [0.4, 0.5) is 5.69 Å². The largest absolute Gasteiger partial charge is 0.346 e. The van der Waals surface area contributed by atoms with Crippen molar-refractivity contribution in [1.29, 1.82) is 0 Å². The van der Waals surface area contributed by atoms with Gasteiger partial charge in [-0.3, -0.25) is 4.79 Å². The van der Waals surface area contributed by atoms with E-state index in [0.717, 1.165) is 23.2 Å². The lowest BCUT2D eigenvalue weighted by Gasteiger charge is -2.20. The van der Waals surface area contributed by atoms with E-state index in [2.05, 4.69) is 48.0 Å². The lowest BCUT2D eigenvalue weighted by molar-refractivity contribution is -0.116. The molecule has 3 aromatic rings. The first kappa shape index (κ1) is 17.0. The molecule has 1 N–H and O–H groups in total. The summed E-state index contributed by atoms with van der Waals surface area (Å²) in [4.78, 5) is 12.7. The second kappa shape index (κ2) is 7.84. The smallest absolute Gasteiger partial charge is 0.226 e. The molecular weight excluding hydrogens is 308 g/mol. The fourth-order valence-electron chi connectivity index (χ4n) is 3.16. The Labute approximate surface area is 149 Å². The number of aryl methyl sites for hydroxylation is 2. The van der Waals surface area contributed by atoms with E-state index in [4.69, 9.17) is 0 Å². The van der Waals surface area contributed by atoms with Gasteiger partial charge < -0.3 is 9.88 Å². The zero-order chi connectivity index (χ0) is 17.6. The number of benzene rings is 2. The number of amides is 1. The van der Waals surface area contributed by atoms with Gasteiger partial charge in [-0.25, -0.2) is 0 Å². The molecule has 0 aliphatic carbocycles. The van der Waals surface area contributed by atoms with Gasteiger partial charge >= 0.3 is 0 Å². The van der Waals surface area contributed by atoms with Crippen LogP contribution in [-0.2, 0) is 11.2 Å². The second-order valence-electron chi connectivity index (χ2n) is 6.32. The summed E-state index contributed by atoms with van der Waals surface area (Å²) in [7, 11) is 0. The van der Waals surface area contributed by atoms with E-state index in [1.54, 1.807) is 0 Å². The molecule has 0 radical (unpaired) electrons. The molecule has 1 aromatic heterocycles. The average Bonchev–Trinajstić information content (AvgIpc) is 3.14. The first-order valence-corrected chi connectivity index (χ1v) is 8.74. The summed E-state index contributed by atoms with van der Waals surface area (Å²) in [6.45, 7) is 4.17. The first-order valence-electron chi connectivity index (χ1n) is 8.74. The number of carbonyl (C=O) groups is 1. The third kappa shape index (κ3) is 4.18. The number of aromatic nitrogens is 1. The van der Waals surface area contributed by atoms with E-state index in [-0.39, 0.29) is 11.9 Å². The number of hydrogen-bond acceptors (Lipinski definition) is 1. The molecule has 3 rings (SSSR count). The van der Waals surface area contributed by atoms with E-state index in [1.807, 2.05) is 48.8 Å². The Morgan fingerprint density at radius 3 is 2.52 bits per heavy atom.